The van der Waals surface area contributed by atoms with E-state index in [9.17, 15) is 0 Å². The average molecular weight is 233 g/mol. The Balaban J connectivity index is 2.77. The van der Waals surface area contributed by atoms with Gasteiger partial charge in [0.15, 0.2) is 0 Å². The lowest BCUT2D eigenvalue weighted by Crippen LogP contribution is -2.35. The summed E-state index contributed by atoms with van der Waals surface area (Å²) in [6, 6.07) is 6.28. The van der Waals surface area contributed by atoms with Crippen LogP contribution >= 0.6 is 0 Å². The van der Waals surface area contributed by atoms with E-state index in [1.165, 1.54) is 0 Å². The molecule has 0 saturated heterocycles. The van der Waals surface area contributed by atoms with E-state index in [1.807, 2.05) is 12.1 Å². The highest BCUT2D eigenvalue weighted by Crippen LogP contribution is 2.11. The van der Waals surface area contributed by atoms with Gasteiger partial charge in [0.05, 0.1) is 6.61 Å². The standard InChI is InChI=1S/C13H19N3O/c1-4-16(11(2)10-17-3)9-12-6-5-7-15-13(12)8-14/h5-7,11H,4,9-10H2,1-3H3. The summed E-state index contributed by atoms with van der Waals surface area (Å²) in [5.74, 6) is 0. The van der Waals surface area contributed by atoms with Crippen molar-refractivity contribution >= 4 is 0 Å². The molecule has 4 heteroatoms. The highest BCUT2D eigenvalue weighted by Gasteiger charge is 2.14. The van der Waals surface area contributed by atoms with Crippen LogP contribution in [0.2, 0.25) is 0 Å². The summed E-state index contributed by atoms with van der Waals surface area (Å²) in [7, 11) is 1.70. The van der Waals surface area contributed by atoms with Gasteiger partial charge in [-0.2, -0.15) is 5.26 Å². The molecule has 0 aliphatic carbocycles. The van der Waals surface area contributed by atoms with Crippen LogP contribution in [-0.2, 0) is 11.3 Å². The molecule has 1 unspecified atom stereocenters. The first-order valence-corrected chi connectivity index (χ1v) is 5.79. The number of methoxy groups -OCH3 is 1. The molecule has 0 fully saturated rings. The van der Waals surface area contributed by atoms with Gasteiger partial charge in [-0.3, -0.25) is 4.90 Å². The number of ether oxygens (including phenoxy) is 1. The van der Waals surface area contributed by atoms with Crippen LogP contribution in [0.25, 0.3) is 0 Å². The molecule has 0 radical (unpaired) electrons. The van der Waals surface area contributed by atoms with Gasteiger partial charge in [0, 0.05) is 31.5 Å². The van der Waals surface area contributed by atoms with Gasteiger partial charge in [-0.15, -0.1) is 0 Å². The molecular formula is C13H19N3O. The molecule has 4 nitrogen and oxygen atoms in total. The predicted octanol–water partition coefficient (Wildman–Crippen LogP) is 1.81. The molecular weight excluding hydrogens is 214 g/mol. The van der Waals surface area contributed by atoms with Crippen molar-refractivity contribution < 1.29 is 4.74 Å². The lowest BCUT2D eigenvalue weighted by atomic mass is 10.1. The minimum atomic E-state index is 0.330. The highest BCUT2D eigenvalue weighted by atomic mass is 16.5. The van der Waals surface area contributed by atoms with Crippen molar-refractivity contribution in [3.05, 3.63) is 29.6 Å². The molecule has 1 rings (SSSR count). The largest absolute Gasteiger partial charge is 0.383 e. The van der Waals surface area contributed by atoms with Crippen LogP contribution in [0.15, 0.2) is 18.3 Å². The molecule has 17 heavy (non-hydrogen) atoms. The number of hydrogen-bond donors (Lipinski definition) is 0. The maximum atomic E-state index is 8.99. The zero-order valence-electron chi connectivity index (χ0n) is 10.7. The van der Waals surface area contributed by atoms with E-state index in [-0.39, 0.29) is 0 Å². The van der Waals surface area contributed by atoms with Gasteiger partial charge in [0.25, 0.3) is 0 Å². The summed E-state index contributed by atoms with van der Waals surface area (Å²) in [4.78, 5) is 6.34. The van der Waals surface area contributed by atoms with E-state index in [0.717, 1.165) is 18.7 Å². The van der Waals surface area contributed by atoms with Gasteiger partial charge in [0.1, 0.15) is 11.8 Å². The zero-order valence-corrected chi connectivity index (χ0v) is 10.7. The van der Waals surface area contributed by atoms with E-state index >= 15 is 0 Å². The first kappa shape index (κ1) is 13.6. The Morgan fingerprint density at radius 1 is 1.59 bits per heavy atom. The third-order valence-electron chi connectivity index (χ3n) is 2.81. The fraction of sp³-hybridized carbons (Fsp3) is 0.538. The smallest absolute Gasteiger partial charge is 0.144 e. The molecule has 0 amide bonds. The Labute approximate surface area is 103 Å². The Kier molecular flexibility index (Phi) is 5.61. The van der Waals surface area contributed by atoms with Crippen LogP contribution in [0, 0.1) is 11.3 Å². The molecule has 1 heterocycles. The predicted molar refractivity (Wildman–Crippen MR) is 66.4 cm³/mol. The molecule has 1 aromatic heterocycles. The van der Waals surface area contributed by atoms with Gasteiger partial charge in [-0.1, -0.05) is 13.0 Å². The van der Waals surface area contributed by atoms with Crippen LogP contribution in [0.4, 0.5) is 0 Å². The van der Waals surface area contributed by atoms with E-state index in [4.69, 9.17) is 10.00 Å². The third kappa shape index (κ3) is 3.81. The normalized spacial score (nSPS) is 12.4. The molecule has 0 aliphatic heterocycles. The summed E-state index contributed by atoms with van der Waals surface area (Å²) in [5, 5.41) is 8.99. The van der Waals surface area contributed by atoms with E-state index < -0.39 is 0 Å². The Morgan fingerprint density at radius 3 is 2.94 bits per heavy atom. The number of likely N-dealkylation sites (N-methyl/N-ethyl adjacent to an activating group) is 1. The topological polar surface area (TPSA) is 49.2 Å². The summed E-state index contributed by atoms with van der Waals surface area (Å²) in [6.45, 7) is 6.57. The fourth-order valence-electron chi connectivity index (χ4n) is 1.81. The van der Waals surface area contributed by atoms with Gasteiger partial charge in [-0.05, 0) is 19.5 Å². The van der Waals surface area contributed by atoms with Crippen molar-refractivity contribution in [3.63, 3.8) is 0 Å². The molecule has 0 aromatic carbocycles. The van der Waals surface area contributed by atoms with Crippen molar-refractivity contribution in [2.75, 3.05) is 20.3 Å². The van der Waals surface area contributed by atoms with E-state index in [1.54, 1.807) is 13.3 Å². The van der Waals surface area contributed by atoms with Gasteiger partial charge in [-0.25, -0.2) is 4.98 Å². The monoisotopic (exact) mass is 233 g/mol. The van der Waals surface area contributed by atoms with E-state index in [0.29, 0.717) is 18.3 Å². The lowest BCUT2D eigenvalue weighted by Gasteiger charge is -2.27. The second kappa shape index (κ2) is 7.00. The van der Waals surface area contributed by atoms with Gasteiger partial charge in [0.2, 0.25) is 0 Å². The van der Waals surface area contributed by atoms with Crippen molar-refractivity contribution in [1.29, 1.82) is 5.26 Å². The first-order valence-electron chi connectivity index (χ1n) is 5.79. The SMILES string of the molecule is CCN(Cc1cccnc1C#N)C(C)COC. The van der Waals surface area contributed by atoms with Gasteiger partial charge < -0.3 is 4.74 Å². The van der Waals surface area contributed by atoms with Crippen LogP contribution in [0.5, 0.6) is 0 Å². The van der Waals surface area contributed by atoms with Crippen molar-refractivity contribution in [3.8, 4) is 6.07 Å². The Hall–Kier alpha value is -1.44. The second-order valence-corrected chi connectivity index (χ2v) is 3.99. The van der Waals surface area contributed by atoms with Crippen molar-refractivity contribution in [1.82, 2.24) is 9.88 Å². The van der Waals surface area contributed by atoms with E-state index in [2.05, 4.69) is 29.8 Å². The van der Waals surface area contributed by atoms with Crippen LogP contribution in [-0.4, -0.2) is 36.2 Å². The Bertz CT molecular complexity index is 386. The van der Waals surface area contributed by atoms with Crippen molar-refractivity contribution in [2.45, 2.75) is 26.4 Å². The number of hydrogen-bond acceptors (Lipinski definition) is 4. The van der Waals surface area contributed by atoms with Crippen LogP contribution < -0.4 is 0 Å². The fourth-order valence-corrected chi connectivity index (χ4v) is 1.81. The quantitative estimate of drug-likeness (QED) is 0.752. The first-order chi connectivity index (χ1) is 8.22. The minimum Gasteiger partial charge on any atom is -0.383 e. The molecule has 92 valence electrons. The summed E-state index contributed by atoms with van der Waals surface area (Å²) in [6.07, 6.45) is 1.65. The average Bonchev–Trinajstić information content (AvgIpc) is 2.36. The number of nitriles is 1. The third-order valence-corrected chi connectivity index (χ3v) is 2.81. The number of aromatic nitrogens is 1. The number of pyridine rings is 1. The molecule has 1 atom stereocenters. The Morgan fingerprint density at radius 2 is 2.35 bits per heavy atom. The number of rotatable bonds is 6. The summed E-state index contributed by atoms with van der Waals surface area (Å²) in [5.41, 5.74) is 1.48. The molecule has 0 spiro atoms. The molecule has 0 N–H and O–H groups in total. The number of nitrogens with zero attached hydrogens (tertiary/aromatic N) is 3. The molecule has 1 aromatic rings. The molecule has 0 bridgehead atoms. The molecule has 0 aliphatic rings. The molecule has 0 saturated carbocycles. The summed E-state index contributed by atoms with van der Waals surface area (Å²) < 4.78 is 5.16. The summed E-state index contributed by atoms with van der Waals surface area (Å²) >= 11 is 0. The van der Waals surface area contributed by atoms with Crippen LogP contribution in [0.3, 0.4) is 0 Å². The van der Waals surface area contributed by atoms with Crippen molar-refractivity contribution in [2.24, 2.45) is 0 Å². The van der Waals surface area contributed by atoms with Gasteiger partial charge >= 0.3 is 0 Å². The van der Waals surface area contributed by atoms with Crippen LogP contribution in [0.1, 0.15) is 25.1 Å². The lowest BCUT2D eigenvalue weighted by molar-refractivity contribution is 0.0981. The maximum absolute atomic E-state index is 8.99. The second-order valence-electron chi connectivity index (χ2n) is 3.99. The maximum Gasteiger partial charge on any atom is 0.144 e. The highest BCUT2D eigenvalue weighted by molar-refractivity contribution is 5.30. The zero-order chi connectivity index (χ0) is 12.7. The minimum absolute atomic E-state index is 0.330.